The van der Waals surface area contributed by atoms with Gasteiger partial charge in [-0.15, -0.1) is 0 Å². The van der Waals surface area contributed by atoms with Crippen LogP contribution in [0.5, 0.6) is 0 Å². The summed E-state index contributed by atoms with van der Waals surface area (Å²) in [6.45, 7) is 5.85. The Labute approximate surface area is 143 Å². The number of rotatable bonds is 4. The fourth-order valence-corrected chi connectivity index (χ4v) is 3.00. The normalized spacial score (nSPS) is 14.5. The number of urea groups is 1. The highest BCUT2D eigenvalue weighted by molar-refractivity contribution is 5.74. The lowest BCUT2D eigenvalue weighted by atomic mass is 10.1. The highest BCUT2D eigenvalue weighted by Gasteiger charge is 2.22. The Morgan fingerprint density at radius 1 is 1.08 bits per heavy atom. The molecule has 0 unspecified atom stereocenters. The number of amides is 2. The summed E-state index contributed by atoms with van der Waals surface area (Å²) in [6.07, 6.45) is 2.69. The summed E-state index contributed by atoms with van der Waals surface area (Å²) in [6, 6.07) is 14.3. The number of nitrogens with zero attached hydrogens (tertiary/aromatic N) is 3. The molecule has 2 amide bonds. The quantitative estimate of drug-likeness (QED) is 0.940. The molecule has 24 heavy (non-hydrogen) atoms. The highest BCUT2D eigenvalue weighted by atomic mass is 16.2. The minimum Gasteiger partial charge on any atom is -0.353 e. The first-order valence-electron chi connectivity index (χ1n) is 8.47. The van der Waals surface area contributed by atoms with E-state index < -0.39 is 0 Å². The van der Waals surface area contributed by atoms with Crippen molar-refractivity contribution >= 4 is 11.8 Å². The van der Waals surface area contributed by atoms with E-state index in [0.29, 0.717) is 6.54 Å². The van der Waals surface area contributed by atoms with Crippen LogP contribution in [0.4, 0.5) is 10.6 Å². The lowest BCUT2D eigenvalue weighted by Crippen LogP contribution is -2.52. The lowest BCUT2D eigenvalue weighted by Gasteiger charge is -2.36. The zero-order chi connectivity index (χ0) is 16.8. The van der Waals surface area contributed by atoms with Crippen LogP contribution in [-0.2, 0) is 6.42 Å². The van der Waals surface area contributed by atoms with Crippen LogP contribution < -0.4 is 10.2 Å². The maximum Gasteiger partial charge on any atom is 0.317 e. The van der Waals surface area contributed by atoms with Crippen molar-refractivity contribution in [2.75, 3.05) is 37.6 Å². The van der Waals surface area contributed by atoms with Crippen molar-refractivity contribution < 1.29 is 4.79 Å². The molecular formula is C19H24N4O. The molecule has 2 aromatic rings. The molecule has 0 spiro atoms. The molecule has 0 aliphatic carbocycles. The minimum absolute atomic E-state index is 0.0309. The number of carbonyl (C=O) groups is 1. The van der Waals surface area contributed by atoms with Crippen molar-refractivity contribution in [3.63, 3.8) is 0 Å². The molecule has 5 heteroatoms. The Kier molecular flexibility index (Phi) is 5.31. The monoisotopic (exact) mass is 324 g/mol. The van der Waals surface area contributed by atoms with Gasteiger partial charge >= 0.3 is 6.03 Å². The molecule has 0 atom stereocenters. The third kappa shape index (κ3) is 4.04. The summed E-state index contributed by atoms with van der Waals surface area (Å²) in [5.41, 5.74) is 2.42. The van der Waals surface area contributed by atoms with Crippen molar-refractivity contribution in [1.29, 1.82) is 0 Å². The Balaban J connectivity index is 1.44. The summed E-state index contributed by atoms with van der Waals surface area (Å²) in [5, 5.41) is 3.02. The number of aryl methyl sites for hydroxylation is 1. The average Bonchev–Trinajstić information content (AvgIpc) is 2.63. The number of benzene rings is 1. The maximum atomic E-state index is 12.3. The molecule has 1 aromatic heterocycles. The molecule has 1 aliphatic heterocycles. The molecule has 126 valence electrons. The van der Waals surface area contributed by atoms with E-state index in [9.17, 15) is 4.79 Å². The maximum absolute atomic E-state index is 12.3. The Hall–Kier alpha value is -2.56. The highest BCUT2D eigenvalue weighted by Crippen LogP contribution is 2.17. The molecule has 2 heterocycles. The predicted molar refractivity (Wildman–Crippen MR) is 96.3 cm³/mol. The number of hydrogen-bond acceptors (Lipinski definition) is 3. The van der Waals surface area contributed by atoms with E-state index in [4.69, 9.17) is 0 Å². The van der Waals surface area contributed by atoms with E-state index in [1.165, 1.54) is 11.1 Å². The zero-order valence-corrected chi connectivity index (χ0v) is 14.1. The van der Waals surface area contributed by atoms with Crippen molar-refractivity contribution in [3.05, 3.63) is 59.8 Å². The second-order valence-corrected chi connectivity index (χ2v) is 6.09. The summed E-state index contributed by atoms with van der Waals surface area (Å²) < 4.78 is 0. The van der Waals surface area contributed by atoms with Crippen LogP contribution >= 0.6 is 0 Å². The van der Waals surface area contributed by atoms with Gasteiger partial charge in [-0.25, -0.2) is 9.78 Å². The van der Waals surface area contributed by atoms with Gasteiger partial charge in [-0.1, -0.05) is 36.4 Å². The van der Waals surface area contributed by atoms with E-state index in [-0.39, 0.29) is 6.03 Å². The van der Waals surface area contributed by atoms with Crippen LogP contribution in [0.1, 0.15) is 11.1 Å². The van der Waals surface area contributed by atoms with Crippen LogP contribution in [0.3, 0.4) is 0 Å². The average molecular weight is 324 g/mol. The third-order valence-corrected chi connectivity index (χ3v) is 4.38. The molecule has 0 bridgehead atoms. The predicted octanol–water partition coefficient (Wildman–Crippen LogP) is 2.46. The second-order valence-electron chi connectivity index (χ2n) is 6.09. The molecule has 0 saturated carbocycles. The molecule has 1 saturated heterocycles. The summed E-state index contributed by atoms with van der Waals surface area (Å²) >= 11 is 0. The number of carbonyl (C=O) groups excluding carboxylic acids is 1. The fraction of sp³-hybridized carbons (Fsp3) is 0.368. The minimum atomic E-state index is 0.0309. The van der Waals surface area contributed by atoms with E-state index in [0.717, 1.165) is 38.4 Å². The van der Waals surface area contributed by atoms with E-state index in [1.807, 2.05) is 35.4 Å². The zero-order valence-electron chi connectivity index (χ0n) is 14.1. The molecule has 3 rings (SSSR count). The van der Waals surface area contributed by atoms with Gasteiger partial charge in [0.15, 0.2) is 0 Å². The standard InChI is InChI=1S/C19H24N4O/c1-16-6-5-10-20-18(16)22-12-14-23(15-13-22)19(24)21-11-9-17-7-3-2-4-8-17/h2-8,10H,9,11-15H2,1H3,(H,21,24). The third-order valence-electron chi connectivity index (χ3n) is 4.38. The van der Waals surface area contributed by atoms with Crippen LogP contribution in [0.15, 0.2) is 48.7 Å². The van der Waals surface area contributed by atoms with E-state index in [2.05, 4.69) is 40.3 Å². The van der Waals surface area contributed by atoms with Gasteiger partial charge in [-0.05, 0) is 30.5 Å². The van der Waals surface area contributed by atoms with Gasteiger partial charge < -0.3 is 15.1 Å². The first-order valence-corrected chi connectivity index (χ1v) is 8.47. The molecule has 1 aliphatic rings. The van der Waals surface area contributed by atoms with Crippen molar-refractivity contribution in [2.45, 2.75) is 13.3 Å². The lowest BCUT2D eigenvalue weighted by molar-refractivity contribution is 0.194. The van der Waals surface area contributed by atoms with Crippen molar-refractivity contribution in [2.24, 2.45) is 0 Å². The van der Waals surface area contributed by atoms with Gasteiger partial charge in [-0.3, -0.25) is 0 Å². The van der Waals surface area contributed by atoms with Crippen LogP contribution in [-0.4, -0.2) is 48.6 Å². The van der Waals surface area contributed by atoms with Gasteiger partial charge in [-0.2, -0.15) is 0 Å². The second kappa shape index (κ2) is 7.81. The Morgan fingerprint density at radius 2 is 1.83 bits per heavy atom. The topological polar surface area (TPSA) is 48.5 Å². The van der Waals surface area contributed by atoms with Gasteiger partial charge in [0, 0.05) is 38.9 Å². The number of aromatic nitrogens is 1. The van der Waals surface area contributed by atoms with Gasteiger partial charge in [0.1, 0.15) is 5.82 Å². The number of hydrogen-bond donors (Lipinski definition) is 1. The Bertz CT molecular complexity index is 666. The van der Waals surface area contributed by atoms with E-state index in [1.54, 1.807) is 0 Å². The number of anilines is 1. The van der Waals surface area contributed by atoms with E-state index >= 15 is 0 Å². The van der Waals surface area contributed by atoms with Gasteiger partial charge in [0.25, 0.3) is 0 Å². The fourth-order valence-electron chi connectivity index (χ4n) is 3.00. The van der Waals surface area contributed by atoms with Gasteiger partial charge in [0.05, 0.1) is 0 Å². The van der Waals surface area contributed by atoms with Crippen LogP contribution in [0, 0.1) is 6.92 Å². The van der Waals surface area contributed by atoms with Crippen LogP contribution in [0.25, 0.3) is 0 Å². The summed E-state index contributed by atoms with van der Waals surface area (Å²) in [7, 11) is 0. The molecule has 1 aromatic carbocycles. The number of piperazine rings is 1. The van der Waals surface area contributed by atoms with Crippen LogP contribution in [0.2, 0.25) is 0 Å². The smallest absolute Gasteiger partial charge is 0.317 e. The molecular weight excluding hydrogens is 300 g/mol. The Morgan fingerprint density at radius 3 is 2.54 bits per heavy atom. The van der Waals surface area contributed by atoms with Crippen molar-refractivity contribution in [3.8, 4) is 0 Å². The number of pyridine rings is 1. The molecule has 0 radical (unpaired) electrons. The largest absolute Gasteiger partial charge is 0.353 e. The SMILES string of the molecule is Cc1cccnc1N1CCN(C(=O)NCCc2ccccc2)CC1. The van der Waals surface area contributed by atoms with Gasteiger partial charge in [0.2, 0.25) is 0 Å². The molecule has 5 nitrogen and oxygen atoms in total. The molecule has 1 fully saturated rings. The summed E-state index contributed by atoms with van der Waals surface area (Å²) in [5.74, 6) is 1.03. The van der Waals surface area contributed by atoms with Crippen molar-refractivity contribution in [1.82, 2.24) is 15.2 Å². The number of nitrogens with one attached hydrogen (secondary N) is 1. The first-order chi connectivity index (χ1) is 11.7. The first kappa shape index (κ1) is 16.3. The molecule has 1 N–H and O–H groups in total. The summed E-state index contributed by atoms with van der Waals surface area (Å²) in [4.78, 5) is 20.9.